The van der Waals surface area contributed by atoms with Gasteiger partial charge in [0, 0.05) is 13.1 Å². The Bertz CT molecular complexity index is 602. The van der Waals surface area contributed by atoms with E-state index in [9.17, 15) is 13.2 Å². The molecule has 1 aromatic rings. The Morgan fingerprint density at radius 2 is 2.09 bits per heavy atom. The maximum Gasteiger partial charge on any atom is 0.416 e. The van der Waals surface area contributed by atoms with Gasteiger partial charge < -0.3 is 9.64 Å². The van der Waals surface area contributed by atoms with Crippen molar-refractivity contribution in [3.63, 3.8) is 0 Å². The van der Waals surface area contributed by atoms with Crippen LogP contribution in [0.4, 0.5) is 18.9 Å². The van der Waals surface area contributed by atoms with Gasteiger partial charge in [0.1, 0.15) is 23.9 Å². The van der Waals surface area contributed by atoms with Crippen molar-refractivity contribution < 1.29 is 17.9 Å². The van der Waals surface area contributed by atoms with Gasteiger partial charge in [-0.1, -0.05) is 0 Å². The van der Waals surface area contributed by atoms with Gasteiger partial charge in [-0.15, -0.1) is 0 Å². The molecular weight excluding hydrogens is 309 g/mol. The summed E-state index contributed by atoms with van der Waals surface area (Å²) in [7, 11) is 2.01. The number of nitrogens with one attached hydrogen (secondary N) is 1. The van der Waals surface area contributed by atoms with E-state index in [0.717, 1.165) is 44.4 Å². The zero-order valence-corrected chi connectivity index (χ0v) is 12.6. The third-order valence-electron chi connectivity index (χ3n) is 3.58. The second-order valence-corrected chi connectivity index (χ2v) is 5.32. The summed E-state index contributed by atoms with van der Waals surface area (Å²) in [5.74, 6) is 0.281. The minimum atomic E-state index is -4.46. The van der Waals surface area contributed by atoms with Gasteiger partial charge in [-0.25, -0.2) is 4.99 Å². The Morgan fingerprint density at radius 3 is 2.70 bits per heavy atom. The van der Waals surface area contributed by atoms with E-state index < -0.39 is 11.7 Å². The van der Waals surface area contributed by atoms with Gasteiger partial charge in [0.15, 0.2) is 6.19 Å². The number of rotatable bonds is 4. The molecule has 0 saturated carbocycles. The van der Waals surface area contributed by atoms with E-state index in [2.05, 4.69) is 15.2 Å². The Balaban J connectivity index is 2.21. The smallest absolute Gasteiger partial charge is 0.416 e. The van der Waals surface area contributed by atoms with Crippen molar-refractivity contribution in [2.45, 2.75) is 25.1 Å². The standard InChI is InChI=1S/C15H17F3N4O/c1-22-6-4-12(5-7-22)23-14-3-2-11(15(16,17)18)8-13(14)21-10-20-9-19/h2-3,8,10,12H,4-7H2,1H3,(H,20,21). The van der Waals surface area contributed by atoms with Crippen LogP contribution in [0.3, 0.4) is 0 Å². The fraction of sp³-hybridized carbons (Fsp3) is 0.467. The van der Waals surface area contributed by atoms with Crippen molar-refractivity contribution in [1.82, 2.24) is 10.2 Å². The molecule has 0 radical (unpaired) electrons. The Hall–Kier alpha value is -2.27. The van der Waals surface area contributed by atoms with Crippen LogP contribution in [0.5, 0.6) is 5.75 Å². The summed E-state index contributed by atoms with van der Waals surface area (Å²) < 4.78 is 44.3. The first-order valence-corrected chi connectivity index (χ1v) is 7.14. The lowest BCUT2D eigenvalue weighted by atomic mass is 10.1. The summed E-state index contributed by atoms with van der Waals surface area (Å²) in [5, 5.41) is 10.6. The molecule has 1 aliphatic rings. The second kappa shape index (κ2) is 7.33. The number of hydrogen-bond acceptors (Lipinski definition) is 4. The summed E-state index contributed by atoms with van der Waals surface area (Å²) in [4.78, 5) is 6.03. The molecule has 1 fully saturated rings. The molecule has 1 N–H and O–H groups in total. The van der Waals surface area contributed by atoms with Gasteiger partial charge in [-0.3, -0.25) is 5.32 Å². The van der Waals surface area contributed by atoms with Gasteiger partial charge in [0.05, 0.1) is 5.56 Å². The molecule has 124 valence electrons. The summed E-state index contributed by atoms with van der Waals surface area (Å²) in [5.41, 5.74) is -0.765. The molecule has 0 amide bonds. The van der Waals surface area contributed by atoms with Gasteiger partial charge in [0.25, 0.3) is 0 Å². The molecule has 1 aliphatic heterocycles. The number of likely N-dealkylation sites (tertiary alicyclic amines) is 1. The molecular formula is C15H17F3N4O. The molecule has 1 saturated heterocycles. The normalized spacial score (nSPS) is 17.2. The van der Waals surface area contributed by atoms with Crippen molar-refractivity contribution in [3.8, 4) is 11.9 Å². The molecule has 1 aromatic carbocycles. The predicted molar refractivity (Wildman–Crippen MR) is 79.5 cm³/mol. The molecule has 23 heavy (non-hydrogen) atoms. The van der Waals surface area contributed by atoms with Crippen LogP contribution in [-0.4, -0.2) is 37.5 Å². The van der Waals surface area contributed by atoms with Gasteiger partial charge in [0.2, 0.25) is 0 Å². The fourth-order valence-electron chi connectivity index (χ4n) is 2.31. The molecule has 0 aromatic heterocycles. The van der Waals surface area contributed by atoms with Gasteiger partial charge >= 0.3 is 6.18 Å². The monoisotopic (exact) mass is 326 g/mol. The van der Waals surface area contributed by atoms with E-state index in [1.807, 2.05) is 7.05 Å². The first-order valence-electron chi connectivity index (χ1n) is 7.14. The van der Waals surface area contributed by atoms with Crippen LogP contribution in [0.25, 0.3) is 0 Å². The van der Waals surface area contributed by atoms with Crippen LogP contribution in [0.15, 0.2) is 23.2 Å². The van der Waals surface area contributed by atoms with Crippen molar-refractivity contribution in [1.29, 1.82) is 5.26 Å². The van der Waals surface area contributed by atoms with Crippen LogP contribution in [0.1, 0.15) is 18.4 Å². The highest BCUT2D eigenvalue weighted by molar-refractivity contribution is 5.66. The molecule has 0 aliphatic carbocycles. The lowest BCUT2D eigenvalue weighted by molar-refractivity contribution is -0.137. The van der Waals surface area contributed by atoms with Crippen LogP contribution in [0, 0.1) is 11.5 Å². The summed E-state index contributed by atoms with van der Waals surface area (Å²) in [6.07, 6.45) is -0.249. The summed E-state index contributed by atoms with van der Waals surface area (Å²) in [6.45, 7) is 1.75. The third kappa shape index (κ3) is 4.86. The minimum Gasteiger partial charge on any atom is -0.488 e. The van der Waals surface area contributed by atoms with E-state index in [1.54, 1.807) is 6.19 Å². The van der Waals surface area contributed by atoms with Gasteiger partial charge in [-0.2, -0.15) is 18.4 Å². The Morgan fingerprint density at radius 1 is 1.39 bits per heavy atom. The van der Waals surface area contributed by atoms with E-state index in [4.69, 9.17) is 10.00 Å². The van der Waals surface area contributed by atoms with Crippen molar-refractivity contribution in [3.05, 3.63) is 23.8 Å². The zero-order valence-electron chi connectivity index (χ0n) is 12.6. The highest BCUT2D eigenvalue weighted by Gasteiger charge is 2.31. The Labute approximate surface area is 132 Å². The predicted octanol–water partition coefficient (Wildman–Crippen LogP) is 2.91. The number of hydrogen-bond donors (Lipinski definition) is 1. The molecule has 0 bridgehead atoms. The highest BCUT2D eigenvalue weighted by atomic mass is 19.4. The molecule has 5 nitrogen and oxygen atoms in total. The number of nitrogens with zero attached hydrogens (tertiary/aromatic N) is 3. The average molecular weight is 326 g/mol. The molecule has 0 unspecified atom stereocenters. The lowest BCUT2D eigenvalue weighted by Crippen LogP contribution is -2.35. The Kier molecular flexibility index (Phi) is 5.45. The van der Waals surface area contributed by atoms with E-state index >= 15 is 0 Å². The van der Waals surface area contributed by atoms with Crippen molar-refractivity contribution in [2.75, 3.05) is 20.1 Å². The average Bonchev–Trinajstić information content (AvgIpc) is 2.50. The molecule has 8 heteroatoms. The summed E-state index contributed by atoms with van der Waals surface area (Å²) in [6, 6.07) is 3.17. The van der Waals surface area contributed by atoms with E-state index in [0.29, 0.717) is 0 Å². The van der Waals surface area contributed by atoms with E-state index in [-0.39, 0.29) is 17.5 Å². The lowest BCUT2D eigenvalue weighted by Gasteiger charge is -2.29. The van der Waals surface area contributed by atoms with Crippen LogP contribution < -0.4 is 10.1 Å². The van der Waals surface area contributed by atoms with E-state index in [1.165, 1.54) is 6.07 Å². The molecule has 1 heterocycles. The maximum absolute atomic E-state index is 12.8. The zero-order chi connectivity index (χ0) is 16.9. The first kappa shape index (κ1) is 17.1. The number of halogens is 3. The summed E-state index contributed by atoms with van der Waals surface area (Å²) >= 11 is 0. The minimum absolute atomic E-state index is 0.0431. The number of nitriles is 1. The topological polar surface area (TPSA) is 60.6 Å². The third-order valence-corrected chi connectivity index (χ3v) is 3.58. The van der Waals surface area contributed by atoms with Gasteiger partial charge in [-0.05, 0) is 38.1 Å². The van der Waals surface area contributed by atoms with Crippen molar-refractivity contribution >= 4 is 12.0 Å². The fourth-order valence-corrected chi connectivity index (χ4v) is 2.31. The number of ether oxygens (including phenoxy) is 1. The number of benzene rings is 1. The maximum atomic E-state index is 12.8. The van der Waals surface area contributed by atoms with Crippen molar-refractivity contribution in [2.24, 2.45) is 4.99 Å². The number of alkyl halides is 3. The van der Waals surface area contributed by atoms with Crippen LogP contribution in [0.2, 0.25) is 0 Å². The molecule has 0 atom stereocenters. The van der Waals surface area contributed by atoms with Crippen LogP contribution >= 0.6 is 0 Å². The largest absolute Gasteiger partial charge is 0.488 e. The molecule has 0 spiro atoms. The quantitative estimate of drug-likeness (QED) is 0.400. The number of aliphatic imine (C=N–C) groups is 1. The first-order chi connectivity index (χ1) is 10.9. The highest BCUT2D eigenvalue weighted by Crippen LogP contribution is 2.37. The van der Waals surface area contributed by atoms with Crippen LogP contribution in [-0.2, 0) is 6.18 Å². The SMILES string of the molecule is CN1CCC(Oc2ccc(C(F)(F)F)cc2N=CNC#N)CC1. The number of piperidine rings is 1. The molecule has 2 rings (SSSR count). The second-order valence-electron chi connectivity index (χ2n) is 5.32.